The van der Waals surface area contributed by atoms with Crippen LogP contribution in [0, 0.1) is 0 Å². The highest BCUT2D eigenvalue weighted by atomic mass is 16.1. The topological polar surface area (TPSA) is 63.6 Å². The molecule has 0 saturated carbocycles. The van der Waals surface area contributed by atoms with E-state index in [9.17, 15) is 4.79 Å². The third-order valence-corrected chi connectivity index (χ3v) is 2.33. The molecule has 5 nitrogen and oxygen atoms in total. The van der Waals surface area contributed by atoms with Crippen molar-refractivity contribution in [3.05, 3.63) is 52.9 Å². The molecule has 0 fully saturated rings. The van der Waals surface area contributed by atoms with Crippen LogP contribution in [0.1, 0.15) is 0 Å². The standard InChI is InChI=1S/C11H8N4O/c16-11-6-9-10(7-12-13-9)14-15(11)8-4-2-1-3-5-8/h1-7,13H. The van der Waals surface area contributed by atoms with Crippen LogP contribution in [0.25, 0.3) is 16.7 Å². The first-order chi connectivity index (χ1) is 7.84. The first kappa shape index (κ1) is 8.84. The number of hydrogen-bond donors (Lipinski definition) is 1. The number of aromatic amines is 1. The first-order valence-corrected chi connectivity index (χ1v) is 4.83. The van der Waals surface area contributed by atoms with Crippen LogP contribution in [0.4, 0.5) is 0 Å². The van der Waals surface area contributed by atoms with Gasteiger partial charge in [0.2, 0.25) is 0 Å². The number of rotatable bonds is 1. The maximum Gasteiger partial charge on any atom is 0.273 e. The smallest absolute Gasteiger partial charge is 0.273 e. The van der Waals surface area contributed by atoms with Crippen molar-refractivity contribution in [2.75, 3.05) is 0 Å². The Morgan fingerprint density at radius 1 is 1.19 bits per heavy atom. The Morgan fingerprint density at radius 3 is 2.81 bits per heavy atom. The van der Waals surface area contributed by atoms with Crippen LogP contribution in [-0.4, -0.2) is 20.0 Å². The van der Waals surface area contributed by atoms with Crippen LogP contribution in [0.2, 0.25) is 0 Å². The van der Waals surface area contributed by atoms with Crippen molar-refractivity contribution in [3.8, 4) is 5.69 Å². The van der Waals surface area contributed by atoms with Gasteiger partial charge in [0, 0.05) is 6.07 Å². The summed E-state index contributed by atoms with van der Waals surface area (Å²) in [6.07, 6.45) is 1.59. The average Bonchev–Trinajstić information content (AvgIpc) is 2.76. The lowest BCUT2D eigenvalue weighted by molar-refractivity contribution is 0.832. The fourth-order valence-corrected chi connectivity index (χ4v) is 1.57. The zero-order valence-electron chi connectivity index (χ0n) is 8.29. The number of nitrogens with one attached hydrogen (secondary N) is 1. The highest BCUT2D eigenvalue weighted by Crippen LogP contribution is 2.06. The Labute approximate surface area is 90.3 Å². The van der Waals surface area contributed by atoms with E-state index >= 15 is 0 Å². The monoisotopic (exact) mass is 212 g/mol. The second-order valence-electron chi connectivity index (χ2n) is 3.40. The van der Waals surface area contributed by atoms with Gasteiger partial charge in [-0.05, 0) is 12.1 Å². The normalized spacial score (nSPS) is 10.8. The molecule has 0 radical (unpaired) electrons. The van der Waals surface area contributed by atoms with Gasteiger partial charge in [-0.25, -0.2) is 0 Å². The second-order valence-corrected chi connectivity index (χ2v) is 3.40. The van der Waals surface area contributed by atoms with Crippen molar-refractivity contribution in [3.63, 3.8) is 0 Å². The molecule has 0 unspecified atom stereocenters. The molecule has 0 atom stereocenters. The molecule has 0 bridgehead atoms. The Morgan fingerprint density at radius 2 is 2.00 bits per heavy atom. The minimum absolute atomic E-state index is 0.178. The van der Waals surface area contributed by atoms with E-state index in [1.807, 2.05) is 30.3 Å². The van der Waals surface area contributed by atoms with Crippen molar-refractivity contribution in [2.45, 2.75) is 0 Å². The van der Waals surface area contributed by atoms with Gasteiger partial charge in [0.15, 0.2) is 0 Å². The molecule has 78 valence electrons. The molecule has 16 heavy (non-hydrogen) atoms. The molecule has 3 rings (SSSR count). The first-order valence-electron chi connectivity index (χ1n) is 4.83. The summed E-state index contributed by atoms with van der Waals surface area (Å²) in [5.41, 5.74) is 1.89. The van der Waals surface area contributed by atoms with Crippen LogP contribution in [0.15, 0.2) is 47.4 Å². The molecule has 1 aromatic carbocycles. The van der Waals surface area contributed by atoms with Gasteiger partial charge < -0.3 is 0 Å². The number of benzene rings is 1. The van der Waals surface area contributed by atoms with Crippen LogP contribution >= 0.6 is 0 Å². The number of hydrogen-bond acceptors (Lipinski definition) is 3. The predicted octanol–water partition coefficient (Wildman–Crippen LogP) is 1.11. The van der Waals surface area contributed by atoms with Gasteiger partial charge in [-0.2, -0.15) is 14.9 Å². The van der Waals surface area contributed by atoms with E-state index in [-0.39, 0.29) is 5.56 Å². The van der Waals surface area contributed by atoms with Gasteiger partial charge in [-0.3, -0.25) is 9.89 Å². The number of para-hydroxylation sites is 1. The highest BCUT2D eigenvalue weighted by molar-refractivity contribution is 5.72. The molecule has 0 aliphatic carbocycles. The average molecular weight is 212 g/mol. The minimum atomic E-state index is -0.178. The van der Waals surface area contributed by atoms with E-state index in [4.69, 9.17) is 0 Å². The number of aromatic nitrogens is 4. The Hall–Kier alpha value is -2.43. The third kappa shape index (κ3) is 1.30. The van der Waals surface area contributed by atoms with E-state index in [0.29, 0.717) is 11.0 Å². The molecule has 0 saturated heterocycles. The number of nitrogens with zero attached hydrogens (tertiary/aromatic N) is 3. The molecule has 1 N–H and O–H groups in total. The SMILES string of the molecule is O=c1cc2[nH]ncc2nn1-c1ccccc1. The van der Waals surface area contributed by atoms with Crippen molar-refractivity contribution >= 4 is 11.0 Å². The summed E-state index contributed by atoms with van der Waals surface area (Å²) < 4.78 is 1.36. The molecular weight excluding hydrogens is 204 g/mol. The minimum Gasteiger partial charge on any atom is -0.276 e. The molecule has 0 aliphatic rings. The van der Waals surface area contributed by atoms with Crippen molar-refractivity contribution in [1.29, 1.82) is 0 Å². The fraction of sp³-hybridized carbons (Fsp3) is 0. The van der Waals surface area contributed by atoms with Crippen molar-refractivity contribution in [2.24, 2.45) is 0 Å². The summed E-state index contributed by atoms with van der Waals surface area (Å²) in [6, 6.07) is 10.8. The van der Waals surface area contributed by atoms with Gasteiger partial charge in [-0.1, -0.05) is 18.2 Å². The molecule has 0 spiro atoms. The van der Waals surface area contributed by atoms with E-state index in [1.165, 1.54) is 10.7 Å². The van der Waals surface area contributed by atoms with E-state index in [2.05, 4.69) is 15.3 Å². The Balaban J connectivity index is 2.31. The zero-order valence-corrected chi connectivity index (χ0v) is 8.29. The summed E-state index contributed by atoms with van der Waals surface area (Å²) in [5.74, 6) is 0. The van der Waals surface area contributed by atoms with Crippen molar-refractivity contribution in [1.82, 2.24) is 20.0 Å². The maximum atomic E-state index is 11.8. The molecule has 5 heteroatoms. The van der Waals surface area contributed by atoms with Gasteiger partial charge >= 0.3 is 0 Å². The van der Waals surface area contributed by atoms with Crippen LogP contribution in [0.5, 0.6) is 0 Å². The largest absolute Gasteiger partial charge is 0.276 e. The molecule has 0 amide bonds. The zero-order chi connectivity index (χ0) is 11.0. The van der Waals surface area contributed by atoms with Crippen LogP contribution < -0.4 is 5.56 Å². The lowest BCUT2D eigenvalue weighted by Crippen LogP contribution is -2.19. The molecule has 2 aromatic heterocycles. The maximum absolute atomic E-state index is 11.8. The molecule has 3 aromatic rings. The van der Waals surface area contributed by atoms with E-state index < -0.39 is 0 Å². The summed E-state index contributed by atoms with van der Waals surface area (Å²) >= 11 is 0. The quantitative estimate of drug-likeness (QED) is 0.657. The molecule has 0 aliphatic heterocycles. The van der Waals surface area contributed by atoms with E-state index in [1.54, 1.807) is 6.20 Å². The summed E-state index contributed by atoms with van der Waals surface area (Å²) in [6.45, 7) is 0. The van der Waals surface area contributed by atoms with Crippen molar-refractivity contribution < 1.29 is 0 Å². The summed E-state index contributed by atoms with van der Waals surface area (Å²) in [5, 5.41) is 10.8. The number of H-pyrrole nitrogens is 1. The Bertz CT molecular complexity index is 684. The second kappa shape index (κ2) is 3.30. The lowest BCUT2D eigenvalue weighted by atomic mass is 10.3. The van der Waals surface area contributed by atoms with Gasteiger partial charge in [0.25, 0.3) is 5.56 Å². The van der Waals surface area contributed by atoms with Gasteiger partial charge in [-0.15, -0.1) is 0 Å². The fourth-order valence-electron chi connectivity index (χ4n) is 1.57. The van der Waals surface area contributed by atoms with E-state index in [0.717, 1.165) is 5.69 Å². The predicted molar refractivity (Wildman–Crippen MR) is 59.5 cm³/mol. The lowest BCUT2D eigenvalue weighted by Gasteiger charge is -2.02. The number of fused-ring (bicyclic) bond motifs is 1. The summed E-state index contributed by atoms with van der Waals surface area (Å²) in [7, 11) is 0. The van der Waals surface area contributed by atoms with Crippen LogP contribution in [0.3, 0.4) is 0 Å². The van der Waals surface area contributed by atoms with Crippen LogP contribution in [-0.2, 0) is 0 Å². The van der Waals surface area contributed by atoms with Gasteiger partial charge in [0.05, 0.1) is 17.4 Å². The molecule has 2 heterocycles. The van der Waals surface area contributed by atoms with Gasteiger partial charge in [0.1, 0.15) is 5.52 Å². The summed E-state index contributed by atoms with van der Waals surface area (Å²) in [4.78, 5) is 11.8. The highest BCUT2D eigenvalue weighted by Gasteiger charge is 2.04. The Kier molecular flexibility index (Phi) is 1.83. The molecular formula is C11H8N4O. The third-order valence-electron chi connectivity index (χ3n) is 2.33.